The van der Waals surface area contributed by atoms with Gasteiger partial charge in [-0.3, -0.25) is 0 Å². The molecule has 0 fully saturated rings. The molecule has 0 spiro atoms. The zero-order valence-corrected chi connectivity index (χ0v) is 11.5. The minimum atomic E-state index is 0.0300. The zero-order chi connectivity index (χ0) is 12.0. The van der Waals surface area contributed by atoms with E-state index in [1.54, 1.807) is 0 Å². The summed E-state index contributed by atoms with van der Waals surface area (Å²) >= 11 is 3.45. The second-order valence-corrected chi connectivity index (χ2v) is 4.89. The van der Waals surface area contributed by atoms with Crippen LogP contribution in [0.25, 0.3) is 0 Å². The molecule has 90 valence electrons. The molecule has 1 unspecified atom stereocenters. The molecule has 0 saturated heterocycles. The van der Waals surface area contributed by atoms with Gasteiger partial charge in [0.2, 0.25) is 0 Å². The first-order valence-electron chi connectivity index (χ1n) is 5.83. The molecule has 0 bridgehead atoms. The van der Waals surface area contributed by atoms with Crippen LogP contribution in [-0.2, 0) is 0 Å². The van der Waals surface area contributed by atoms with Gasteiger partial charge >= 0.3 is 0 Å². The molecule has 0 aromatic heterocycles. The van der Waals surface area contributed by atoms with Crippen molar-refractivity contribution in [1.29, 1.82) is 0 Å². The number of hydrogen-bond acceptors (Lipinski definition) is 2. The minimum Gasteiger partial charge on any atom is -0.394 e. The molecule has 2 nitrogen and oxygen atoms in total. The molecular weight excluding hydrogens is 266 g/mol. The fourth-order valence-electron chi connectivity index (χ4n) is 1.79. The van der Waals surface area contributed by atoms with Crippen molar-refractivity contribution in [1.82, 2.24) is 5.32 Å². The predicted octanol–water partition coefficient (Wildman–Crippen LogP) is 3.26. The fraction of sp³-hybridized carbons (Fsp3) is 0.538. The second kappa shape index (κ2) is 7.05. The average molecular weight is 286 g/mol. The van der Waals surface area contributed by atoms with Crippen molar-refractivity contribution in [3.63, 3.8) is 0 Å². The molecule has 1 rings (SSSR count). The Hall–Kier alpha value is -0.380. The lowest BCUT2D eigenvalue weighted by Gasteiger charge is -2.23. The van der Waals surface area contributed by atoms with Crippen molar-refractivity contribution < 1.29 is 5.11 Å². The predicted molar refractivity (Wildman–Crippen MR) is 71.5 cm³/mol. The standard InChI is InChI=1S/C13H20BrNO/c1-3-12(4-2)15-13(9-16)10-6-5-7-11(14)8-10/h5-8,12-13,15-16H,3-4,9H2,1-2H3. The topological polar surface area (TPSA) is 32.3 Å². The number of halogens is 1. The third kappa shape index (κ3) is 3.89. The molecule has 0 heterocycles. The number of aliphatic hydroxyl groups excluding tert-OH is 1. The van der Waals surface area contributed by atoms with Gasteiger partial charge in [0.1, 0.15) is 0 Å². The molecule has 1 aromatic rings. The highest BCUT2D eigenvalue weighted by Gasteiger charge is 2.13. The highest BCUT2D eigenvalue weighted by atomic mass is 79.9. The van der Waals surface area contributed by atoms with E-state index < -0.39 is 0 Å². The largest absolute Gasteiger partial charge is 0.394 e. The summed E-state index contributed by atoms with van der Waals surface area (Å²) in [5.74, 6) is 0. The molecule has 1 aromatic carbocycles. The van der Waals surface area contributed by atoms with Crippen LogP contribution in [0.5, 0.6) is 0 Å². The molecular formula is C13H20BrNO. The molecule has 3 heteroatoms. The van der Waals surface area contributed by atoms with Gasteiger partial charge in [-0.1, -0.05) is 41.9 Å². The summed E-state index contributed by atoms with van der Waals surface area (Å²) in [6.07, 6.45) is 2.17. The molecule has 0 aliphatic heterocycles. The van der Waals surface area contributed by atoms with Gasteiger partial charge < -0.3 is 10.4 Å². The van der Waals surface area contributed by atoms with Crippen LogP contribution >= 0.6 is 15.9 Å². The van der Waals surface area contributed by atoms with Crippen LogP contribution in [0.1, 0.15) is 38.3 Å². The van der Waals surface area contributed by atoms with E-state index in [0.717, 1.165) is 22.9 Å². The maximum absolute atomic E-state index is 9.43. The van der Waals surface area contributed by atoms with Gasteiger partial charge in [0.15, 0.2) is 0 Å². The van der Waals surface area contributed by atoms with E-state index in [1.165, 1.54) is 0 Å². The molecule has 0 amide bonds. The van der Waals surface area contributed by atoms with Crippen molar-refractivity contribution in [2.24, 2.45) is 0 Å². The van der Waals surface area contributed by atoms with Gasteiger partial charge in [0.05, 0.1) is 12.6 Å². The third-order valence-electron chi connectivity index (χ3n) is 2.86. The summed E-state index contributed by atoms with van der Waals surface area (Å²) in [5.41, 5.74) is 1.13. The number of aliphatic hydroxyl groups is 1. The fourth-order valence-corrected chi connectivity index (χ4v) is 2.20. The first-order valence-corrected chi connectivity index (χ1v) is 6.62. The molecule has 1 atom stereocenters. The maximum Gasteiger partial charge on any atom is 0.0626 e. The van der Waals surface area contributed by atoms with E-state index in [0.29, 0.717) is 6.04 Å². The van der Waals surface area contributed by atoms with E-state index in [-0.39, 0.29) is 12.6 Å². The highest BCUT2D eigenvalue weighted by Crippen LogP contribution is 2.19. The van der Waals surface area contributed by atoms with Crippen LogP contribution in [0.3, 0.4) is 0 Å². The van der Waals surface area contributed by atoms with Crippen LogP contribution in [0.4, 0.5) is 0 Å². The van der Waals surface area contributed by atoms with Crippen LogP contribution < -0.4 is 5.32 Å². The molecule has 16 heavy (non-hydrogen) atoms. The lowest BCUT2D eigenvalue weighted by Crippen LogP contribution is -2.33. The molecule has 0 aliphatic carbocycles. The normalized spacial score (nSPS) is 13.1. The third-order valence-corrected chi connectivity index (χ3v) is 3.35. The van der Waals surface area contributed by atoms with Gasteiger partial charge in [0.25, 0.3) is 0 Å². The number of nitrogens with one attached hydrogen (secondary N) is 1. The van der Waals surface area contributed by atoms with E-state index >= 15 is 0 Å². The maximum atomic E-state index is 9.43. The minimum absolute atomic E-state index is 0.0300. The monoisotopic (exact) mass is 285 g/mol. The Labute approximate surface area is 106 Å². The Morgan fingerprint density at radius 1 is 1.31 bits per heavy atom. The Morgan fingerprint density at radius 3 is 2.50 bits per heavy atom. The summed E-state index contributed by atoms with van der Waals surface area (Å²) in [6.45, 7) is 4.46. The van der Waals surface area contributed by atoms with Crippen LogP contribution in [0.15, 0.2) is 28.7 Å². The number of rotatable bonds is 6. The second-order valence-electron chi connectivity index (χ2n) is 3.97. The van der Waals surface area contributed by atoms with Gasteiger partial charge in [-0.2, -0.15) is 0 Å². The van der Waals surface area contributed by atoms with E-state index in [4.69, 9.17) is 0 Å². The summed E-state index contributed by atoms with van der Waals surface area (Å²) in [6, 6.07) is 8.58. The lowest BCUT2D eigenvalue weighted by molar-refractivity contribution is 0.230. The summed E-state index contributed by atoms with van der Waals surface area (Å²) < 4.78 is 1.05. The molecule has 2 N–H and O–H groups in total. The Morgan fingerprint density at radius 2 is 2.00 bits per heavy atom. The Bertz CT molecular complexity index is 313. The Balaban J connectivity index is 2.74. The van der Waals surface area contributed by atoms with Crippen LogP contribution in [0, 0.1) is 0 Å². The quantitative estimate of drug-likeness (QED) is 0.841. The SMILES string of the molecule is CCC(CC)NC(CO)c1cccc(Br)c1. The average Bonchev–Trinajstić information content (AvgIpc) is 2.31. The van der Waals surface area contributed by atoms with E-state index in [1.807, 2.05) is 18.2 Å². The zero-order valence-electron chi connectivity index (χ0n) is 9.91. The smallest absolute Gasteiger partial charge is 0.0626 e. The number of hydrogen-bond donors (Lipinski definition) is 2. The van der Waals surface area contributed by atoms with Gasteiger partial charge in [-0.25, -0.2) is 0 Å². The van der Waals surface area contributed by atoms with Gasteiger partial charge in [-0.05, 0) is 30.5 Å². The van der Waals surface area contributed by atoms with Gasteiger partial charge in [-0.15, -0.1) is 0 Å². The van der Waals surface area contributed by atoms with Crippen LogP contribution in [0.2, 0.25) is 0 Å². The first kappa shape index (κ1) is 13.7. The van der Waals surface area contributed by atoms with Crippen LogP contribution in [-0.4, -0.2) is 17.8 Å². The lowest BCUT2D eigenvalue weighted by atomic mass is 10.0. The van der Waals surface area contributed by atoms with Crippen molar-refractivity contribution in [3.8, 4) is 0 Å². The van der Waals surface area contributed by atoms with E-state index in [9.17, 15) is 5.11 Å². The van der Waals surface area contributed by atoms with Crippen molar-refractivity contribution in [2.45, 2.75) is 38.8 Å². The van der Waals surface area contributed by atoms with Crippen molar-refractivity contribution >= 4 is 15.9 Å². The van der Waals surface area contributed by atoms with Gasteiger partial charge in [0, 0.05) is 10.5 Å². The molecule has 0 aliphatic rings. The number of benzene rings is 1. The van der Waals surface area contributed by atoms with Crippen molar-refractivity contribution in [3.05, 3.63) is 34.3 Å². The Kier molecular flexibility index (Phi) is 6.03. The van der Waals surface area contributed by atoms with Crippen molar-refractivity contribution in [2.75, 3.05) is 6.61 Å². The van der Waals surface area contributed by atoms with E-state index in [2.05, 4.69) is 41.2 Å². The summed E-state index contributed by atoms with van der Waals surface area (Å²) in [4.78, 5) is 0. The highest BCUT2D eigenvalue weighted by molar-refractivity contribution is 9.10. The summed E-state index contributed by atoms with van der Waals surface area (Å²) in [5, 5.41) is 12.9. The molecule has 0 radical (unpaired) electrons. The summed E-state index contributed by atoms with van der Waals surface area (Å²) in [7, 11) is 0. The first-order chi connectivity index (χ1) is 7.71. The molecule has 0 saturated carbocycles.